The molecule has 0 fully saturated rings. The van der Waals surface area contributed by atoms with E-state index in [1.54, 1.807) is 0 Å². The largest absolute Gasteiger partial charge is 0.234 e. The summed E-state index contributed by atoms with van der Waals surface area (Å²) >= 11 is 5.95. The fourth-order valence-corrected chi connectivity index (χ4v) is 2.52. The van der Waals surface area contributed by atoms with Gasteiger partial charge in [0.2, 0.25) is 0 Å². The molecule has 0 aliphatic rings. The van der Waals surface area contributed by atoms with Crippen molar-refractivity contribution in [1.29, 1.82) is 0 Å². The molecule has 3 aromatic rings. The van der Waals surface area contributed by atoms with Gasteiger partial charge in [0.1, 0.15) is 0 Å². The molecule has 2 aromatic heterocycles. The van der Waals surface area contributed by atoms with Gasteiger partial charge in [0.05, 0.1) is 11.4 Å². The van der Waals surface area contributed by atoms with E-state index in [1.165, 1.54) is 0 Å². The topological polar surface area (TPSA) is 30.2 Å². The van der Waals surface area contributed by atoms with Gasteiger partial charge < -0.3 is 0 Å². The first-order valence-corrected chi connectivity index (χ1v) is 7.36. The van der Waals surface area contributed by atoms with Crippen molar-refractivity contribution in [2.75, 3.05) is 0 Å². The third-order valence-corrected chi connectivity index (χ3v) is 3.72. The lowest BCUT2D eigenvalue weighted by Gasteiger charge is -2.20. The minimum absolute atomic E-state index is 0.00916. The van der Waals surface area contributed by atoms with Gasteiger partial charge in [-0.25, -0.2) is 9.50 Å². The van der Waals surface area contributed by atoms with Crippen LogP contribution >= 0.6 is 11.6 Å². The molecular formula is C17H18ClN3. The highest BCUT2D eigenvalue weighted by atomic mass is 35.5. The molecule has 0 amide bonds. The molecule has 0 saturated heterocycles. The lowest BCUT2D eigenvalue weighted by Crippen LogP contribution is -2.18. The monoisotopic (exact) mass is 299 g/mol. The van der Waals surface area contributed by atoms with Gasteiger partial charge in [0.15, 0.2) is 5.65 Å². The summed E-state index contributed by atoms with van der Waals surface area (Å²) in [6, 6.07) is 11.8. The molecule has 4 heteroatoms. The van der Waals surface area contributed by atoms with Crippen LogP contribution in [-0.2, 0) is 5.41 Å². The molecule has 108 valence electrons. The highest BCUT2D eigenvalue weighted by Crippen LogP contribution is 2.26. The summed E-state index contributed by atoms with van der Waals surface area (Å²) in [5, 5.41) is 5.46. The number of benzene rings is 1. The van der Waals surface area contributed by atoms with E-state index in [2.05, 4.69) is 31.8 Å². The number of nitrogens with zero attached hydrogens (tertiary/aromatic N) is 3. The van der Waals surface area contributed by atoms with Gasteiger partial charge in [0, 0.05) is 27.8 Å². The number of aromatic nitrogens is 3. The summed E-state index contributed by atoms with van der Waals surface area (Å²) in [4.78, 5) is 4.59. The van der Waals surface area contributed by atoms with Crippen LogP contribution in [0.2, 0.25) is 5.02 Å². The number of halogens is 1. The smallest absolute Gasteiger partial charge is 0.156 e. The van der Waals surface area contributed by atoms with Crippen molar-refractivity contribution >= 4 is 17.2 Å². The van der Waals surface area contributed by atoms with Crippen molar-refractivity contribution in [2.24, 2.45) is 0 Å². The van der Waals surface area contributed by atoms with Crippen molar-refractivity contribution in [1.82, 2.24) is 14.6 Å². The SMILES string of the molecule is Cc1cc(C(C)(C)C)n2nc(-c3ccc(Cl)cc3)cc2n1. The van der Waals surface area contributed by atoms with Crippen LogP contribution in [0.1, 0.15) is 32.2 Å². The van der Waals surface area contributed by atoms with Crippen LogP contribution in [0.25, 0.3) is 16.9 Å². The summed E-state index contributed by atoms with van der Waals surface area (Å²) in [6.07, 6.45) is 0. The zero-order valence-electron chi connectivity index (χ0n) is 12.7. The Hall–Kier alpha value is -1.87. The summed E-state index contributed by atoms with van der Waals surface area (Å²) in [5.41, 5.74) is 5.01. The number of hydrogen-bond acceptors (Lipinski definition) is 2. The Morgan fingerprint density at radius 3 is 2.33 bits per heavy atom. The highest BCUT2D eigenvalue weighted by molar-refractivity contribution is 6.30. The van der Waals surface area contributed by atoms with E-state index in [0.29, 0.717) is 0 Å². The lowest BCUT2D eigenvalue weighted by molar-refractivity contribution is 0.546. The van der Waals surface area contributed by atoms with Crippen LogP contribution in [-0.4, -0.2) is 14.6 Å². The van der Waals surface area contributed by atoms with E-state index in [9.17, 15) is 0 Å². The maximum atomic E-state index is 5.95. The Morgan fingerprint density at radius 2 is 1.71 bits per heavy atom. The summed E-state index contributed by atoms with van der Waals surface area (Å²) in [5.74, 6) is 0. The fraction of sp³-hybridized carbons (Fsp3) is 0.294. The molecule has 0 saturated carbocycles. The van der Waals surface area contributed by atoms with Gasteiger partial charge in [-0.3, -0.25) is 0 Å². The second kappa shape index (κ2) is 4.85. The first kappa shape index (κ1) is 14.1. The number of aryl methyl sites for hydroxylation is 1. The van der Waals surface area contributed by atoms with Crippen molar-refractivity contribution in [3.8, 4) is 11.3 Å². The van der Waals surface area contributed by atoms with Crippen molar-refractivity contribution < 1.29 is 0 Å². The average molecular weight is 300 g/mol. The fourth-order valence-electron chi connectivity index (χ4n) is 2.40. The number of rotatable bonds is 1. The van der Waals surface area contributed by atoms with Crippen LogP contribution in [0.15, 0.2) is 36.4 Å². The first-order valence-electron chi connectivity index (χ1n) is 6.98. The Bertz CT molecular complexity index is 795. The van der Waals surface area contributed by atoms with E-state index in [-0.39, 0.29) is 5.41 Å². The van der Waals surface area contributed by atoms with Crippen LogP contribution < -0.4 is 0 Å². The number of fused-ring (bicyclic) bond motifs is 1. The quantitative estimate of drug-likeness (QED) is 0.654. The molecule has 3 nitrogen and oxygen atoms in total. The normalized spacial score (nSPS) is 12.0. The molecule has 0 spiro atoms. The van der Waals surface area contributed by atoms with Crippen molar-refractivity contribution in [3.63, 3.8) is 0 Å². The molecule has 0 aliphatic carbocycles. The Labute approximate surface area is 129 Å². The first-order chi connectivity index (χ1) is 9.84. The van der Waals surface area contributed by atoms with E-state index in [0.717, 1.165) is 33.3 Å². The Kier molecular flexibility index (Phi) is 3.25. The average Bonchev–Trinajstić information content (AvgIpc) is 2.80. The summed E-state index contributed by atoms with van der Waals surface area (Å²) in [6.45, 7) is 8.57. The molecule has 0 radical (unpaired) electrons. The molecule has 0 aliphatic heterocycles. The van der Waals surface area contributed by atoms with Crippen molar-refractivity contribution in [2.45, 2.75) is 33.1 Å². The Morgan fingerprint density at radius 1 is 1.05 bits per heavy atom. The predicted octanol–water partition coefficient (Wildman–Crippen LogP) is 4.66. The van der Waals surface area contributed by atoms with E-state index >= 15 is 0 Å². The maximum absolute atomic E-state index is 5.95. The molecule has 0 bridgehead atoms. The predicted molar refractivity (Wildman–Crippen MR) is 86.9 cm³/mol. The van der Waals surface area contributed by atoms with Gasteiger partial charge in [-0.2, -0.15) is 5.10 Å². The maximum Gasteiger partial charge on any atom is 0.156 e. The van der Waals surface area contributed by atoms with Crippen LogP contribution in [0.4, 0.5) is 0 Å². The minimum atomic E-state index is 0.00916. The molecule has 0 atom stereocenters. The van der Waals surface area contributed by atoms with Gasteiger partial charge in [-0.05, 0) is 25.1 Å². The zero-order chi connectivity index (χ0) is 15.2. The van der Waals surface area contributed by atoms with Crippen LogP contribution in [0.3, 0.4) is 0 Å². The molecule has 2 heterocycles. The molecule has 3 rings (SSSR count). The molecule has 21 heavy (non-hydrogen) atoms. The Balaban J connectivity index is 2.22. The van der Waals surface area contributed by atoms with Gasteiger partial charge in [0.25, 0.3) is 0 Å². The van der Waals surface area contributed by atoms with Crippen LogP contribution in [0.5, 0.6) is 0 Å². The van der Waals surface area contributed by atoms with Crippen molar-refractivity contribution in [3.05, 3.63) is 52.8 Å². The molecule has 1 aromatic carbocycles. The highest BCUT2D eigenvalue weighted by Gasteiger charge is 2.20. The minimum Gasteiger partial charge on any atom is -0.234 e. The third-order valence-electron chi connectivity index (χ3n) is 3.46. The number of hydrogen-bond donors (Lipinski definition) is 0. The lowest BCUT2D eigenvalue weighted by atomic mass is 9.91. The second-order valence-electron chi connectivity index (χ2n) is 6.34. The second-order valence-corrected chi connectivity index (χ2v) is 6.78. The molecule has 0 N–H and O–H groups in total. The van der Waals surface area contributed by atoms with Gasteiger partial charge >= 0.3 is 0 Å². The zero-order valence-corrected chi connectivity index (χ0v) is 13.4. The molecular weight excluding hydrogens is 282 g/mol. The van der Waals surface area contributed by atoms with Gasteiger partial charge in [-0.15, -0.1) is 0 Å². The van der Waals surface area contributed by atoms with Gasteiger partial charge in [-0.1, -0.05) is 44.5 Å². The standard InChI is InChI=1S/C17H18ClN3/c1-11-9-15(17(2,3)4)21-16(19-11)10-14(20-21)12-5-7-13(18)8-6-12/h5-10H,1-4H3. The van der Waals surface area contributed by atoms with E-state index in [1.807, 2.05) is 41.8 Å². The summed E-state index contributed by atoms with van der Waals surface area (Å²) in [7, 11) is 0. The van der Waals surface area contributed by atoms with Crippen LogP contribution in [0, 0.1) is 6.92 Å². The van der Waals surface area contributed by atoms with E-state index < -0.39 is 0 Å². The van der Waals surface area contributed by atoms with E-state index in [4.69, 9.17) is 16.7 Å². The molecule has 0 unspecified atom stereocenters. The third kappa shape index (κ3) is 2.66. The summed E-state index contributed by atoms with van der Waals surface area (Å²) < 4.78 is 1.94.